The molecule has 2 aromatic rings. The highest BCUT2D eigenvalue weighted by Crippen LogP contribution is 2.28. The molecule has 0 saturated carbocycles. The number of nitrogens with zero attached hydrogens (tertiary/aromatic N) is 1. The maximum atomic E-state index is 12.7. The van der Waals surface area contributed by atoms with Crippen molar-refractivity contribution in [3.05, 3.63) is 65.7 Å². The SMILES string of the molecule is CN1CC[C@@](C)(CNC(=O)c2ccccc2OCCc2ccccc2)C1. The fourth-order valence-corrected chi connectivity index (χ4v) is 3.51. The van der Waals surface area contributed by atoms with Crippen molar-refractivity contribution in [2.75, 3.05) is 33.3 Å². The summed E-state index contributed by atoms with van der Waals surface area (Å²) in [6.45, 7) is 5.58. The van der Waals surface area contributed by atoms with Crippen molar-refractivity contribution in [2.24, 2.45) is 5.41 Å². The van der Waals surface area contributed by atoms with Crippen LogP contribution in [0.25, 0.3) is 0 Å². The molecule has 1 aliphatic heterocycles. The fraction of sp³-hybridized carbons (Fsp3) is 0.409. The summed E-state index contributed by atoms with van der Waals surface area (Å²) in [5.74, 6) is 0.589. The van der Waals surface area contributed by atoms with E-state index in [1.807, 2.05) is 42.5 Å². The van der Waals surface area contributed by atoms with Crippen LogP contribution >= 0.6 is 0 Å². The predicted molar refractivity (Wildman–Crippen MR) is 105 cm³/mol. The number of carbonyl (C=O) groups is 1. The second-order valence-electron chi connectivity index (χ2n) is 7.56. The lowest BCUT2D eigenvalue weighted by atomic mass is 9.90. The third kappa shape index (κ3) is 4.85. The summed E-state index contributed by atoms with van der Waals surface area (Å²) < 4.78 is 5.91. The van der Waals surface area contributed by atoms with Gasteiger partial charge in [0.1, 0.15) is 5.75 Å². The smallest absolute Gasteiger partial charge is 0.255 e. The number of nitrogens with one attached hydrogen (secondary N) is 1. The predicted octanol–water partition coefficient (Wildman–Crippen LogP) is 3.38. The number of amides is 1. The van der Waals surface area contributed by atoms with Gasteiger partial charge in [-0.2, -0.15) is 0 Å². The zero-order valence-corrected chi connectivity index (χ0v) is 15.7. The molecule has 2 aromatic carbocycles. The third-order valence-corrected chi connectivity index (χ3v) is 5.05. The molecule has 4 heteroatoms. The van der Waals surface area contributed by atoms with Gasteiger partial charge in [0, 0.05) is 19.5 Å². The van der Waals surface area contributed by atoms with Crippen molar-refractivity contribution < 1.29 is 9.53 Å². The summed E-state index contributed by atoms with van der Waals surface area (Å²) in [6.07, 6.45) is 1.93. The molecule has 0 spiro atoms. The number of hydrogen-bond donors (Lipinski definition) is 1. The van der Waals surface area contributed by atoms with Crippen molar-refractivity contribution in [3.63, 3.8) is 0 Å². The van der Waals surface area contributed by atoms with Crippen LogP contribution < -0.4 is 10.1 Å². The second kappa shape index (κ2) is 8.37. The van der Waals surface area contributed by atoms with Crippen LogP contribution in [0.2, 0.25) is 0 Å². The molecular formula is C22H28N2O2. The molecule has 3 rings (SSSR count). The van der Waals surface area contributed by atoms with Crippen LogP contribution in [0.4, 0.5) is 0 Å². The lowest BCUT2D eigenvalue weighted by molar-refractivity contribution is 0.0931. The standard InChI is InChI=1S/C22H28N2O2/c1-22(13-14-24(2)17-22)16-23-21(25)19-10-6-7-11-20(19)26-15-12-18-8-4-3-5-9-18/h3-11H,12-17H2,1-2H3,(H,23,25)/t22-/m0/s1. The summed E-state index contributed by atoms with van der Waals surface area (Å²) in [6, 6.07) is 17.7. The Balaban J connectivity index is 1.56. The Morgan fingerprint density at radius 3 is 2.62 bits per heavy atom. The van der Waals surface area contributed by atoms with E-state index in [1.54, 1.807) is 0 Å². The van der Waals surface area contributed by atoms with Crippen molar-refractivity contribution in [2.45, 2.75) is 19.8 Å². The number of ether oxygens (including phenoxy) is 1. The molecule has 1 saturated heterocycles. The first kappa shape index (κ1) is 18.5. The van der Waals surface area contributed by atoms with Gasteiger partial charge in [0.05, 0.1) is 12.2 Å². The van der Waals surface area contributed by atoms with Crippen LogP contribution in [-0.2, 0) is 6.42 Å². The first-order chi connectivity index (χ1) is 12.6. The fourth-order valence-electron chi connectivity index (χ4n) is 3.51. The van der Waals surface area contributed by atoms with E-state index < -0.39 is 0 Å². The highest BCUT2D eigenvalue weighted by atomic mass is 16.5. The average Bonchev–Trinajstić information content (AvgIpc) is 3.00. The van der Waals surface area contributed by atoms with Gasteiger partial charge < -0.3 is 15.0 Å². The summed E-state index contributed by atoms with van der Waals surface area (Å²) in [4.78, 5) is 15.0. The number of likely N-dealkylation sites (tertiary alicyclic amines) is 1. The number of hydrogen-bond acceptors (Lipinski definition) is 3. The van der Waals surface area contributed by atoms with Crippen LogP contribution in [0.3, 0.4) is 0 Å². The van der Waals surface area contributed by atoms with Gasteiger partial charge in [0.25, 0.3) is 5.91 Å². The molecule has 0 bridgehead atoms. The molecule has 1 atom stereocenters. The van der Waals surface area contributed by atoms with E-state index in [1.165, 1.54) is 5.56 Å². The zero-order valence-electron chi connectivity index (χ0n) is 15.7. The molecule has 0 aromatic heterocycles. The third-order valence-electron chi connectivity index (χ3n) is 5.05. The van der Waals surface area contributed by atoms with Gasteiger partial charge in [-0.3, -0.25) is 4.79 Å². The number of para-hydroxylation sites is 1. The summed E-state index contributed by atoms with van der Waals surface area (Å²) >= 11 is 0. The Morgan fingerprint density at radius 2 is 1.88 bits per heavy atom. The van der Waals surface area contributed by atoms with E-state index in [9.17, 15) is 4.79 Å². The van der Waals surface area contributed by atoms with Crippen molar-refractivity contribution >= 4 is 5.91 Å². The molecule has 1 fully saturated rings. The quantitative estimate of drug-likeness (QED) is 0.831. The first-order valence-corrected chi connectivity index (χ1v) is 9.28. The topological polar surface area (TPSA) is 41.6 Å². The average molecular weight is 352 g/mol. The molecule has 0 radical (unpaired) electrons. The Morgan fingerprint density at radius 1 is 1.15 bits per heavy atom. The van der Waals surface area contributed by atoms with E-state index in [-0.39, 0.29) is 11.3 Å². The van der Waals surface area contributed by atoms with Gasteiger partial charge in [-0.1, -0.05) is 49.4 Å². The monoisotopic (exact) mass is 352 g/mol. The normalized spacial score (nSPS) is 20.1. The van der Waals surface area contributed by atoms with Crippen LogP contribution in [-0.4, -0.2) is 44.1 Å². The van der Waals surface area contributed by atoms with Crippen LogP contribution in [0.5, 0.6) is 5.75 Å². The van der Waals surface area contributed by atoms with Gasteiger partial charge in [0.15, 0.2) is 0 Å². The van der Waals surface area contributed by atoms with Crippen LogP contribution in [0.1, 0.15) is 29.3 Å². The molecule has 4 nitrogen and oxygen atoms in total. The molecule has 0 unspecified atom stereocenters. The molecule has 1 N–H and O–H groups in total. The molecular weight excluding hydrogens is 324 g/mol. The summed E-state index contributed by atoms with van der Waals surface area (Å²) in [5.41, 5.74) is 1.98. The minimum absolute atomic E-state index is 0.0592. The van der Waals surface area contributed by atoms with E-state index in [0.29, 0.717) is 24.5 Å². The van der Waals surface area contributed by atoms with Crippen LogP contribution in [0, 0.1) is 5.41 Å². The largest absolute Gasteiger partial charge is 0.492 e. The van der Waals surface area contributed by atoms with Gasteiger partial charge in [0.2, 0.25) is 0 Å². The summed E-state index contributed by atoms with van der Waals surface area (Å²) in [5, 5.41) is 3.10. The highest BCUT2D eigenvalue weighted by Gasteiger charge is 2.32. The Kier molecular flexibility index (Phi) is 5.94. The summed E-state index contributed by atoms with van der Waals surface area (Å²) in [7, 11) is 2.13. The first-order valence-electron chi connectivity index (χ1n) is 9.28. The lowest BCUT2D eigenvalue weighted by Gasteiger charge is -2.24. The van der Waals surface area contributed by atoms with Crippen LogP contribution in [0.15, 0.2) is 54.6 Å². The minimum Gasteiger partial charge on any atom is -0.492 e. The van der Waals surface area contributed by atoms with Crippen molar-refractivity contribution in [3.8, 4) is 5.75 Å². The van der Waals surface area contributed by atoms with Gasteiger partial charge in [-0.05, 0) is 43.1 Å². The molecule has 1 aliphatic rings. The van der Waals surface area contributed by atoms with Gasteiger partial charge in [-0.25, -0.2) is 0 Å². The molecule has 1 heterocycles. The maximum absolute atomic E-state index is 12.7. The molecule has 0 aliphatic carbocycles. The Labute approximate surface area is 156 Å². The number of carbonyl (C=O) groups excluding carboxylic acids is 1. The highest BCUT2D eigenvalue weighted by molar-refractivity contribution is 5.96. The van der Waals surface area contributed by atoms with E-state index in [0.717, 1.165) is 25.9 Å². The van der Waals surface area contributed by atoms with Crippen molar-refractivity contribution in [1.29, 1.82) is 0 Å². The van der Waals surface area contributed by atoms with Gasteiger partial charge in [-0.15, -0.1) is 0 Å². The Bertz CT molecular complexity index is 732. The lowest BCUT2D eigenvalue weighted by Crippen LogP contribution is -2.37. The van der Waals surface area contributed by atoms with E-state index in [2.05, 4.69) is 36.3 Å². The van der Waals surface area contributed by atoms with Gasteiger partial charge >= 0.3 is 0 Å². The number of benzene rings is 2. The van der Waals surface area contributed by atoms with E-state index >= 15 is 0 Å². The minimum atomic E-state index is -0.0592. The molecule has 26 heavy (non-hydrogen) atoms. The number of rotatable bonds is 7. The molecule has 1 amide bonds. The van der Waals surface area contributed by atoms with E-state index in [4.69, 9.17) is 4.74 Å². The zero-order chi connectivity index (χ0) is 18.4. The van der Waals surface area contributed by atoms with Crippen molar-refractivity contribution in [1.82, 2.24) is 10.2 Å². The maximum Gasteiger partial charge on any atom is 0.255 e. The second-order valence-corrected chi connectivity index (χ2v) is 7.56. The molecule has 138 valence electrons. The Hall–Kier alpha value is -2.33.